The minimum absolute atomic E-state index is 0.0627. The van der Waals surface area contributed by atoms with E-state index in [0.29, 0.717) is 0 Å². The third-order valence-electron chi connectivity index (χ3n) is 3.61. The number of benzene rings is 2. The fourth-order valence-corrected chi connectivity index (χ4v) is 2.67. The van der Waals surface area contributed by atoms with Gasteiger partial charge in [0.05, 0.1) is 12.0 Å². The van der Waals surface area contributed by atoms with Crippen LogP contribution in [0.25, 0.3) is 0 Å². The molecule has 0 saturated carbocycles. The molecule has 2 nitrogen and oxygen atoms in total. The molecule has 0 bridgehead atoms. The molecule has 18 heavy (non-hydrogen) atoms. The lowest BCUT2D eigenvalue weighted by Crippen LogP contribution is -2.11. The molecule has 2 heteroatoms. The minimum Gasteiger partial charge on any atom is -0.344 e. The van der Waals surface area contributed by atoms with Gasteiger partial charge in [0.25, 0.3) is 0 Å². The third-order valence-corrected chi connectivity index (χ3v) is 3.61. The second-order valence-electron chi connectivity index (χ2n) is 4.63. The van der Waals surface area contributed by atoms with Crippen LogP contribution in [0.3, 0.4) is 0 Å². The van der Waals surface area contributed by atoms with Crippen LogP contribution in [-0.4, -0.2) is 7.05 Å². The lowest BCUT2D eigenvalue weighted by molar-refractivity contribution is 0.862. The maximum absolute atomic E-state index is 9.41. The topological polar surface area (TPSA) is 27.0 Å². The molecular formula is C16H14N2. The van der Waals surface area contributed by atoms with Gasteiger partial charge in [0.15, 0.2) is 0 Å². The number of fused-ring (bicyclic) bond motifs is 2. The zero-order valence-corrected chi connectivity index (χ0v) is 10.3. The highest BCUT2D eigenvalue weighted by molar-refractivity contribution is 5.71. The second-order valence-corrected chi connectivity index (χ2v) is 4.63. The summed E-state index contributed by atoms with van der Waals surface area (Å²) in [5.41, 5.74) is 4.69. The minimum atomic E-state index is -0.0627. The molecule has 1 aliphatic heterocycles. The van der Waals surface area contributed by atoms with Crippen LogP contribution in [0.2, 0.25) is 0 Å². The van der Waals surface area contributed by atoms with E-state index in [1.54, 1.807) is 0 Å². The van der Waals surface area contributed by atoms with E-state index in [-0.39, 0.29) is 5.92 Å². The molecule has 0 spiro atoms. The van der Waals surface area contributed by atoms with Crippen LogP contribution in [0, 0.1) is 11.3 Å². The van der Waals surface area contributed by atoms with Crippen molar-refractivity contribution >= 4 is 11.4 Å². The molecule has 2 aromatic rings. The lowest BCUT2D eigenvalue weighted by Gasteiger charge is -2.21. The number of nitriles is 1. The van der Waals surface area contributed by atoms with Crippen molar-refractivity contribution < 1.29 is 0 Å². The summed E-state index contributed by atoms with van der Waals surface area (Å²) in [6.45, 7) is 0. The average molecular weight is 234 g/mol. The van der Waals surface area contributed by atoms with Crippen LogP contribution >= 0.6 is 0 Å². The molecule has 3 rings (SSSR count). The van der Waals surface area contributed by atoms with Crippen molar-refractivity contribution in [2.75, 3.05) is 11.9 Å². The van der Waals surface area contributed by atoms with E-state index in [9.17, 15) is 5.26 Å². The van der Waals surface area contributed by atoms with Crippen LogP contribution in [0.5, 0.6) is 0 Å². The van der Waals surface area contributed by atoms with E-state index in [4.69, 9.17) is 0 Å². The van der Waals surface area contributed by atoms with Gasteiger partial charge in [0.1, 0.15) is 0 Å². The van der Waals surface area contributed by atoms with Gasteiger partial charge in [0.2, 0.25) is 0 Å². The van der Waals surface area contributed by atoms with E-state index in [2.05, 4.69) is 42.3 Å². The van der Waals surface area contributed by atoms with Gasteiger partial charge < -0.3 is 4.90 Å². The van der Waals surface area contributed by atoms with Crippen molar-refractivity contribution in [2.24, 2.45) is 0 Å². The zero-order chi connectivity index (χ0) is 12.5. The third kappa shape index (κ3) is 1.56. The summed E-state index contributed by atoms with van der Waals surface area (Å²) >= 11 is 0. The standard InChI is InChI=1S/C16H14N2/c1-18-15-8-4-2-6-12(15)10-13(11-17)14-7-3-5-9-16(14)18/h2-9,13H,10H2,1H3. The highest BCUT2D eigenvalue weighted by atomic mass is 15.1. The van der Waals surface area contributed by atoms with Crippen LogP contribution in [0.1, 0.15) is 17.0 Å². The second kappa shape index (κ2) is 4.19. The number of anilines is 2. The molecule has 88 valence electrons. The maximum atomic E-state index is 9.41. The Labute approximate surface area is 107 Å². The van der Waals surface area contributed by atoms with Gasteiger partial charge in [-0.2, -0.15) is 5.26 Å². The number of para-hydroxylation sites is 2. The normalized spacial score (nSPS) is 17.3. The smallest absolute Gasteiger partial charge is 0.0774 e. The van der Waals surface area contributed by atoms with E-state index in [1.165, 1.54) is 11.3 Å². The van der Waals surface area contributed by atoms with Crippen LogP contribution in [0.4, 0.5) is 11.4 Å². The zero-order valence-electron chi connectivity index (χ0n) is 10.3. The van der Waals surface area contributed by atoms with Crippen molar-refractivity contribution in [3.63, 3.8) is 0 Å². The predicted molar refractivity (Wildman–Crippen MR) is 73.0 cm³/mol. The van der Waals surface area contributed by atoms with Gasteiger partial charge in [-0.3, -0.25) is 0 Å². The molecule has 0 N–H and O–H groups in total. The quantitative estimate of drug-likeness (QED) is 0.696. The van der Waals surface area contributed by atoms with Crippen LogP contribution in [0.15, 0.2) is 48.5 Å². The summed E-state index contributed by atoms with van der Waals surface area (Å²) < 4.78 is 0. The molecule has 0 radical (unpaired) electrons. The molecule has 0 aromatic heterocycles. The number of hydrogen-bond acceptors (Lipinski definition) is 2. The molecule has 0 fully saturated rings. The van der Waals surface area contributed by atoms with E-state index < -0.39 is 0 Å². The average Bonchev–Trinajstić information content (AvgIpc) is 2.55. The number of hydrogen-bond donors (Lipinski definition) is 0. The summed E-state index contributed by atoms with van der Waals surface area (Å²) in [5.74, 6) is -0.0627. The predicted octanol–water partition coefficient (Wildman–Crippen LogP) is 3.62. The molecule has 0 aliphatic carbocycles. The van der Waals surface area contributed by atoms with Crippen molar-refractivity contribution in [1.82, 2.24) is 0 Å². The first kappa shape index (κ1) is 10.9. The van der Waals surface area contributed by atoms with Gasteiger partial charge >= 0.3 is 0 Å². The van der Waals surface area contributed by atoms with Crippen molar-refractivity contribution in [2.45, 2.75) is 12.3 Å². The highest BCUT2D eigenvalue weighted by Crippen LogP contribution is 2.39. The summed E-state index contributed by atoms with van der Waals surface area (Å²) in [6.07, 6.45) is 0.786. The van der Waals surface area contributed by atoms with Crippen LogP contribution in [-0.2, 0) is 6.42 Å². The Balaban J connectivity index is 2.25. The monoisotopic (exact) mass is 234 g/mol. The maximum Gasteiger partial charge on any atom is 0.0774 e. The fourth-order valence-electron chi connectivity index (χ4n) is 2.67. The summed E-state index contributed by atoms with van der Waals surface area (Å²) in [5, 5.41) is 9.41. The van der Waals surface area contributed by atoms with Gasteiger partial charge in [-0.25, -0.2) is 0 Å². The lowest BCUT2D eigenvalue weighted by atomic mass is 9.93. The van der Waals surface area contributed by atoms with E-state index in [1.807, 2.05) is 24.3 Å². The number of rotatable bonds is 0. The van der Waals surface area contributed by atoms with Gasteiger partial charge in [0, 0.05) is 18.4 Å². The Morgan fingerprint density at radius 1 is 1.06 bits per heavy atom. The van der Waals surface area contributed by atoms with E-state index >= 15 is 0 Å². The van der Waals surface area contributed by atoms with Gasteiger partial charge in [-0.05, 0) is 29.7 Å². The van der Waals surface area contributed by atoms with Gasteiger partial charge in [-0.15, -0.1) is 0 Å². The fraction of sp³-hybridized carbons (Fsp3) is 0.188. The number of nitrogens with zero attached hydrogens (tertiary/aromatic N) is 2. The Hall–Kier alpha value is -2.27. The molecular weight excluding hydrogens is 220 g/mol. The Kier molecular flexibility index (Phi) is 2.53. The van der Waals surface area contributed by atoms with Crippen molar-refractivity contribution in [3.8, 4) is 6.07 Å². The summed E-state index contributed by atoms with van der Waals surface area (Å²) in [7, 11) is 2.07. The molecule has 2 aromatic carbocycles. The first-order valence-corrected chi connectivity index (χ1v) is 6.11. The molecule has 1 unspecified atom stereocenters. The Bertz CT molecular complexity index is 625. The molecule has 1 heterocycles. The Morgan fingerprint density at radius 3 is 2.50 bits per heavy atom. The van der Waals surface area contributed by atoms with Crippen molar-refractivity contribution in [3.05, 3.63) is 59.7 Å². The molecule has 0 amide bonds. The largest absolute Gasteiger partial charge is 0.344 e. The molecule has 1 aliphatic rings. The summed E-state index contributed by atoms with van der Waals surface area (Å²) in [6, 6.07) is 18.9. The van der Waals surface area contributed by atoms with Gasteiger partial charge in [-0.1, -0.05) is 36.4 Å². The first-order chi connectivity index (χ1) is 8.81. The van der Waals surface area contributed by atoms with Crippen LogP contribution < -0.4 is 4.90 Å². The highest BCUT2D eigenvalue weighted by Gasteiger charge is 2.24. The van der Waals surface area contributed by atoms with E-state index in [0.717, 1.165) is 17.7 Å². The molecule has 1 atom stereocenters. The Morgan fingerprint density at radius 2 is 1.72 bits per heavy atom. The van der Waals surface area contributed by atoms with Crippen molar-refractivity contribution in [1.29, 1.82) is 5.26 Å². The first-order valence-electron chi connectivity index (χ1n) is 6.11. The summed E-state index contributed by atoms with van der Waals surface area (Å²) in [4.78, 5) is 2.18. The SMILES string of the molecule is CN1c2ccccc2CC(C#N)c2ccccc21. The molecule has 0 saturated heterocycles.